The first-order valence-corrected chi connectivity index (χ1v) is 6.41. The van der Waals surface area contributed by atoms with Crippen LogP contribution in [0.5, 0.6) is 0 Å². The fourth-order valence-electron chi connectivity index (χ4n) is 1.27. The predicted octanol–water partition coefficient (Wildman–Crippen LogP) is 3.48. The van der Waals surface area contributed by atoms with Crippen molar-refractivity contribution in [3.8, 4) is 0 Å². The lowest BCUT2D eigenvalue weighted by molar-refractivity contribution is 0.0526. The van der Waals surface area contributed by atoms with Crippen LogP contribution in [0.2, 0.25) is 5.02 Å². The molecule has 0 amide bonds. The number of carbonyl (C=O) groups is 2. The highest BCUT2D eigenvalue weighted by Crippen LogP contribution is 2.21. The van der Waals surface area contributed by atoms with Gasteiger partial charge in [-0.15, -0.1) is 0 Å². The van der Waals surface area contributed by atoms with Gasteiger partial charge in [-0.25, -0.2) is 4.79 Å². The van der Waals surface area contributed by atoms with E-state index in [9.17, 15) is 9.59 Å². The van der Waals surface area contributed by atoms with E-state index < -0.39 is 5.97 Å². The van der Waals surface area contributed by atoms with E-state index in [2.05, 4.69) is 15.9 Å². The van der Waals surface area contributed by atoms with Gasteiger partial charge in [0.25, 0.3) is 0 Å². The molecule has 1 aromatic carbocycles. The van der Waals surface area contributed by atoms with Crippen LogP contribution in [0.25, 0.3) is 0 Å². The first-order valence-electron chi connectivity index (χ1n) is 5.12. The zero-order valence-corrected chi connectivity index (χ0v) is 11.8. The van der Waals surface area contributed by atoms with Gasteiger partial charge >= 0.3 is 5.97 Å². The van der Waals surface area contributed by atoms with Crippen molar-refractivity contribution in [2.24, 2.45) is 0 Å². The fourth-order valence-corrected chi connectivity index (χ4v) is 1.79. The van der Waals surface area contributed by atoms with E-state index in [0.29, 0.717) is 5.56 Å². The molecule has 1 unspecified atom stereocenters. The molecular weight excluding hydrogens is 307 g/mol. The molecule has 0 N–H and O–H groups in total. The van der Waals surface area contributed by atoms with E-state index in [0.717, 1.165) is 0 Å². The molecule has 92 valence electrons. The Hall–Kier alpha value is -0.870. The van der Waals surface area contributed by atoms with Gasteiger partial charge in [0, 0.05) is 5.56 Å². The molecule has 5 heteroatoms. The minimum atomic E-state index is -0.483. The standard InChI is InChI=1S/C12H12BrClO3/c1-3-17-12(16)9-5-4-8(6-10(9)14)11(15)7(2)13/h4-7H,3H2,1-2H3. The number of Topliss-reactive ketones (excluding diaryl/α,β-unsaturated/α-hetero) is 1. The quantitative estimate of drug-likeness (QED) is 0.485. The molecule has 3 nitrogen and oxygen atoms in total. The second kappa shape index (κ2) is 6.17. The van der Waals surface area contributed by atoms with Crippen molar-refractivity contribution in [2.45, 2.75) is 18.7 Å². The third-order valence-corrected chi connectivity index (χ3v) is 2.84. The number of ketones is 1. The summed E-state index contributed by atoms with van der Waals surface area (Å²) < 4.78 is 4.84. The van der Waals surface area contributed by atoms with Crippen molar-refractivity contribution in [1.29, 1.82) is 0 Å². The van der Waals surface area contributed by atoms with Gasteiger partial charge in [-0.3, -0.25) is 4.79 Å². The Bertz CT molecular complexity index is 443. The van der Waals surface area contributed by atoms with Crippen molar-refractivity contribution in [2.75, 3.05) is 6.61 Å². The number of esters is 1. The lowest BCUT2D eigenvalue weighted by Gasteiger charge is -2.07. The zero-order valence-electron chi connectivity index (χ0n) is 9.50. The summed E-state index contributed by atoms with van der Waals surface area (Å²) in [5, 5.41) is 0.224. The maximum Gasteiger partial charge on any atom is 0.339 e. The molecule has 1 rings (SSSR count). The number of alkyl halides is 1. The molecule has 0 bridgehead atoms. The van der Waals surface area contributed by atoms with Gasteiger partial charge < -0.3 is 4.74 Å². The number of carbonyl (C=O) groups excluding carboxylic acids is 2. The van der Waals surface area contributed by atoms with E-state index in [4.69, 9.17) is 16.3 Å². The summed E-state index contributed by atoms with van der Waals surface area (Å²) in [5.41, 5.74) is 0.736. The normalized spacial score (nSPS) is 12.0. The Morgan fingerprint density at radius 1 is 1.47 bits per heavy atom. The molecule has 0 radical (unpaired) electrons. The van der Waals surface area contributed by atoms with E-state index in [1.807, 2.05) is 0 Å². The molecule has 1 atom stereocenters. The van der Waals surface area contributed by atoms with Crippen LogP contribution in [0.15, 0.2) is 18.2 Å². The summed E-state index contributed by atoms with van der Waals surface area (Å²) in [6.07, 6.45) is 0. The van der Waals surface area contributed by atoms with Gasteiger partial charge in [-0.2, -0.15) is 0 Å². The Morgan fingerprint density at radius 3 is 2.59 bits per heavy atom. The van der Waals surface area contributed by atoms with Gasteiger partial charge in [-0.1, -0.05) is 33.6 Å². The largest absolute Gasteiger partial charge is 0.462 e. The molecule has 0 saturated heterocycles. The van der Waals surface area contributed by atoms with E-state index >= 15 is 0 Å². The van der Waals surface area contributed by atoms with Crippen molar-refractivity contribution in [3.63, 3.8) is 0 Å². The van der Waals surface area contributed by atoms with Gasteiger partial charge in [0.15, 0.2) is 5.78 Å². The van der Waals surface area contributed by atoms with Gasteiger partial charge in [-0.05, 0) is 26.0 Å². The van der Waals surface area contributed by atoms with Crippen LogP contribution in [-0.4, -0.2) is 23.2 Å². The predicted molar refractivity (Wildman–Crippen MR) is 70.1 cm³/mol. The highest BCUT2D eigenvalue weighted by atomic mass is 79.9. The van der Waals surface area contributed by atoms with Crippen LogP contribution in [0.4, 0.5) is 0 Å². The maximum atomic E-state index is 11.7. The first-order chi connectivity index (χ1) is 7.97. The number of hydrogen-bond donors (Lipinski definition) is 0. The summed E-state index contributed by atoms with van der Waals surface area (Å²) in [4.78, 5) is 22.9. The minimum absolute atomic E-state index is 0.0812. The second-order valence-electron chi connectivity index (χ2n) is 3.40. The van der Waals surface area contributed by atoms with Crippen LogP contribution >= 0.6 is 27.5 Å². The van der Waals surface area contributed by atoms with Crippen LogP contribution in [-0.2, 0) is 4.74 Å². The number of ether oxygens (including phenoxy) is 1. The molecular formula is C12H12BrClO3. The van der Waals surface area contributed by atoms with Crippen molar-refractivity contribution in [3.05, 3.63) is 34.3 Å². The van der Waals surface area contributed by atoms with Crippen molar-refractivity contribution >= 4 is 39.3 Å². The number of hydrogen-bond acceptors (Lipinski definition) is 3. The van der Waals surface area contributed by atoms with Gasteiger partial charge in [0.05, 0.1) is 22.0 Å². The molecule has 1 aromatic rings. The summed E-state index contributed by atoms with van der Waals surface area (Å²) in [5.74, 6) is -0.564. The highest BCUT2D eigenvalue weighted by molar-refractivity contribution is 9.10. The Kier molecular flexibility index (Phi) is 5.15. The van der Waals surface area contributed by atoms with Crippen LogP contribution < -0.4 is 0 Å². The van der Waals surface area contributed by atoms with Crippen LogP contribution in [0.1, 0.15) is 34.6 Å². The maximum absolute atomic E-state index is 11.7. The van der Waals surface area contributed by atoms with Gasteiger partial charge in [0.1, 0.15) is 0 Å². The number of benzene rings is 1. The van der Waals surface area contributed by atoms with Crippen LogP contribution in [0.3, 0.4) is 0 Å². The monoisotopic (exact) mass is 318 g/mol. The molecule has 0 aliphatic carbocycles. The number of halogens is 2. The summed E-state index contributed by atoms with van der Waals surface area (Å²) in [6.45, 7) is 3.74. The minimum Gasteiger partial charge on any atom is -0.462 e. The molecule has 0 aliphatic rings. The molecule has 0 spiro atoms. The lowest BCUT2D eigenvalue weighted by Crippen LogP contribution is -2.11. The second-order valence-corrected chi connectivity index (χ2v) is 5.18. The summed E-state index contributed by atoms with van der Waals surface area (Å²) in [6, 6.07) is 4.55. The molecule has 0 heterocycles. The van der Waals surface area contributed by atoms with E-state index in [-0.39, 0.29) is 27.8 Å². The molecule has 0 aromatic heterocycles. The molecule has 0 fully saturated rings. The number of rotatable bonds is 4. The smallest absolute Gasteiger partial charge is 0.339 e. The lowest BCUT2D eigenvalue weighted by atomic mass is 10.1. The molecule has 0 aliphatic heterocycles. The Morgan fingerprint density at radius 2 is 2.12 bits per heavy atom. The molecule has 0 saturated carbocycles. The topological polar surface area (TPSA) is 43.4 Å². The van der Waals surface area contributed by atoms with Gasteiger partial charge in [0.2, 0.25) is 0 Å². The summed E-state index contributed by atoms with van der Waals surface area (Å²) >= 11 is 9.13. The zero-order chi connectivity index (χ0) is 13.0. The van der Waals surface area contributed by atoms with E-state index in [1.54, 1.807) is 19.9 Å². The van der Waals surface area contributed by atoms with Crippen molar-refractivity contribution in [1.82, 2.24) is 0 Å². The third kappa shape index (κ3) is 3.54. The SMILES string of the molecule is CCOC(=O)c1ccc(C(=O)C(C)Br)cc1Cl. The highest BCUT2D eigenvalue weighted by Gasteiger charge is 2.16. The van der Waals surface area contributed by atoms with Crippen LogP contribution in [0, 0.1) is 0 Å². The Balaban J connectivity index is 3.02. The average molecular weight is 320 g/mol. The average Bonchev–Trinajstić information content (AvgIpc) is 2.27. The summed E-state index contributed by atoms with van der Waals surface area (Å²) in [7, 11) is 0. The molecule has 17 heavy (non-hydrogen) atoms. The fraction of sp³-hybridized carbons (Fsp3) is 0.333. The third-order valence-electron chi connectivity index (χ3n) is 2.11. The first kappa shape index (κ1) is 14.2. The Labute approximate surface area is 113 Å². The van der Waals surface area contributed by atoms with E-state index in [1.165, 1.54) is 12.1 Å². The van der Waals surface area contributed by atoms with Crippen molar-refractivity contribution < 1.29 is 14.3 Å².